The monoisotopic (exact) mass is 157 g/mol. The first-order chi connectivity index (χ1) is 5.88. The predicted molar refractivity (Wildman–Crippen MR) is 50.5 cm³/mol. The molecule has 0 aromatic carbocycles. The van der Waals surface area contributed by atoms with E-state index in [-0.39, 0.29) is 6.04 Å². The minimum atomic E-state index is 0.123. The summed E-state index contributed by atoms with van der Waals surface area (Å²) in [6.45, 7) is 2.05. The zero-order valence-corrected chi connectivity index (χ0v) is 6.86. The zero-order chi connectivity index (χ0) is 8.39. The average molecular weight is 157 g/mol. The van der Waals surface area contributed by atoms with Gasteiger partial charge in [-0.15, -0.1) is 0 Å². The lowest BCUT2D eigenvalue weighted by molar-refractivity contribution is 1.08. The van der Waals surface area contributed by atoms with E-state index in [9.17, 15) is 0 Å². The van der Waals surface area contributed by atoms with Crippen LogP contribution in [0.1, 0.15) is 6.92 Å². The van der Waals surface area contributed by atoms with E-state index in [4.69, 9.17) is 0 Å². The lowest BCUT2D eigenvalue weighted by atomic mass is 10.1. The van der Waals surface area contributed by atoms with Crippen molar-refractivity contribution in [1.29, 1.82) is 0 Å². The van der Waals surface area contributed by atoms with Crippen molar-refractivity contribution in [3.05, 3.63) is 40.4 Å². The van der Waals surface area contributed by atoms with Crippen LogP contribution in [0.3, 0.4) is 0 Å². The highest BCUT2D eigenvalue weighted by Gasteiger charge is 2.20. The van der Waals surface area contributed by atoms with Crippen LogP contribution in [0.15, 0.2) is 40.6 Å². The van der Waals surface area contributed by atoms with E-state index in [2.05, 4.69) is 15.9 Å². The van der Waals surface area contributed by atoms with Crippen LogP contribution in [0.4, 0.5) is 0 Å². The third kappa shape index (κ3) is 1.10. The maximum Gasteiger partial charge on any atom is 0.324 e. The van der Waals surface area contributed by atoms with Crippen LogP contribution in [-0.2, 0) is 0 Å². The number of hydrogen-bond donors (Lipinski definition) is 0. The van der Waals surface area contributed by atoms with E-state index in [0.29, 0.717) is 0 Å². The average Bonchev–Trinajstić information content (AvgIpc) is 2.37. The number of nitrogens with zero attached hydrogens (tertiary/aromatic N) is 2. The van der Waals surface area contributed by atoms with Crippen molar-refractivity contribution >= 4 is 6.21 Å². The van der Waals surface area contributed by atoms with Gasteiger partial charge in [-0.3, -0.25) is 0 Å². The zero-order valence-electron chi connectivity index (χ0n) is 6.86. The number of fused-ring (bicyclic) bond motifs is 1. The first-order valence-electron chi connectivity index (χ1n) is 3.91. The van der Waals surface area contributed by atoms with Crippen molar-refractivity contribution in [2.75, 3.05) is 0 Å². The van der Waals surface area contributed by atoms with Gasteiger partial charge in [0.2, 0.25) is 0 Å². The second-order valence-corrected chi connectivity index (χ2v) is 2.77. The molecule has 12 heavy (non-hydrogen) atoms. The van der Waals surface area contributed by atoms with Gasteiger partial charge in [-0.2, -0.15) is 0 Å². The van der Waals surface area contributed by atoms with Crippen molar-refractivity contribution in [2.45, 2.75) is 13.0 Å². The highest BCUT2D eigenvalue weighted by Crippen LogP contribution is 2.19. The molecule has 2 bridgehead atoms. The summed E-state index contributed by atoms with van der Waals surface area (Å²) in [5.74, 6) is 0. The summed E-state index contributed by atoms with van der Waals surface area (Å²) in [5, 5.41) is 0. The minimum Gasteiger partial charge on any atom is -0.241 e. The van der Waals surface area contributed by atoms with E-state index in [1.165, 1.54) is 5.57 Å². The maximum absolute atomic E-state index is 4.21. The summed E-state index contributed by atoms with van der Waals surface area (Å²) in [6, 6.07) is 2.91. The maximum atomic E-state index is 4.21. The SMILES string of the molecule is CC1=C2C=CC=CC1[N+]#CC=N2. The topological polar surface area (TPSA) is 16.7 Å². The Labute approximate surface area is 71.4 Å². The molecule has 1 aliphatic heterocycles. The van der Waals surface area contributed by atoms with Gasteiger partial charge in [0.1, 0.15) is 0 Å². The van der Waals surface area contributed by atoms with Crippen molar-refractivity contribution in [3.8, 4) is 6.07 Å². The molecule has 0 N–H and O–H groups in total. The Bertz CT molecular complexity index is 372. The molecule has 0 aromatic heterocycles. The molecule has 0 aromatic rings. The van der Waals surface area contributed by atoms with Crippen molar-refractivity contribution in [2.24, 2.45) is 4.99 Å². The fraction of sp³-hybridized carbons (Fsp3) is 0.200. The molecule has 2 aliphatic rings. The van der Waals surface area contributed by atoms with Crippen LogP contribution < -0.4 is 0 Å². The smallest absolute Gasteiger partial charge is 0.241 e. The summed E-state index contributed by atoms with van der Waals surface area (Å²) in [5.41, 5.74) is 2.18. The van der Waals surface area contributed by atoms with Gasteiger partial charge in [-0.05, 0) is 13.0 Å². The molecule has 1 aliphatic carbocycles. The van der Waals surface area contributed by atoms with Gasteiger partial charge >= 0.3 is 12.1 Å². The Morgan fingerprint density at radius 2 is 2.42 bits per heavy atom. The molecule has 1 unspecified atom stereocenters. The standard InChI is InChI=1S/C10H9N2/c1-8-9-4-2-3-5-10(8)12-7-6-11-9/h2-6,10H,1H3/q+1. The molecule has 2 nitrogen and oxygen atoms in total. The van der Waals surface area contributed by atoms with Crippen LogP contribution in [0.5, 0.6) is 0 Å². The summed E-state index contributed by atoms with van der Waals surface area (Å²) in [4.78, 5) is 8.41. The first-order valence-corrected chi connectivity index (χ1v) is 3.91. The Balaban J connectivity index is 2.55. The number of rotatable bonds is 0. The molecule has 1 heterocycles. The molecular formula is C10H9N2+. The first kappa shape index (κ1) is 7.05. The molecule has 0 amide bonds. The molecule has 2 rings (SSSR count). The molecule has 0 saturated carbocycles. The predicted octanol–water partition coefficient (Wildman–Crippen LogP) is 2.17. The van der Waals surface area contributed by atoms with Crippen LogP contribution in [-0.4, -0.2) is 12.3 Å². The van der Waals surface area contributed by atoms with E-state index >= 15 is 0 Å². The number of aliphatic imine (C=N–C) groups is 1. The largest absolute Gasteiger partial charge is 0.324 e. The third-order valence-corrected chi connectivity index (χ3v) is 1.98. The molecule has 0 radical (unpaired) electrons. The van der Waals surface area contributed by atoms with Crippen molar-refractivity contribution in [3.63, 3.8) is 0 Å². The van der Waals surface area contributed by atoms with Crippen molar-refractivity contribution < 1.29 is 0 Å². The van der Waals surface area contributed by atoms with Crippen LogP contribution in [0.25, 0.3) is 4.85 Å². The van der Waals surface area contributed by atoms with E-state index in [0.717, 1.165) is 5.70 Å². The summed E-state index contributed by atoms with van der Waals surface area (Å²) in [7, 11) is 0. The summed E-state index contributed by atoms with van der Waals surface area (Å²) >= 11 is 0. The van der Waals surface area contributed by atoms with E-state index in [1.54, 1.807) is 6.21 Å². The lowest BCUT2D eigenvalue weighted by Crippen LogP contribution is -1.99. The molecular weight excluding hydrogens is 148 g/mol. The van der Waals surface area contributed by atoms with E-state index < -0.39 is 0 Å². The van der Waals surface area contributed by atoms with Gasteiger partial charge in [0, 0.05) is 11.6 Å². The molecule has 0 fully saturated rings. The Morgan fingerprint density at radius 3 is 3.33 bits per heavy atom. The van der Waals surface area contributed by atoms with Gasteiger partial charge in [-0.1, -0.05) is 17.0 Å². The molecule has 2 heteroatoms. The van der Waals surface area contributed by atoms with Gasteiger partial charge < -0.3 is 0 Å². The summed E-state index contributed by atoms with van der Waals surface area (Å²) < 4.78 is 0. The lowest BCUT2D eigenvalue weighted by Gasteiger charge is -1.96. The van der Waals surface area contributed by atoms with Crippen LogP contribution in [0, 0.1) is 6.07 Å². The Morgan fingerprint density at radius 1 is 1.50 bits per heavy atom. The Hall–Kier alpha value is -1.62. The fourth-order valence-corrected chi connectivity index (χ4v) is 1.24. The number of allylic oxidation sites excluding steroid dienone is 3. The van der Waals surface area contributed by atoms with Crippen LogP contribution >= 0.6 is 0 Å². The minimum absolute atomic E-state index is 0.123. The molecule has 1 atom stereocenters. The van der Waals surface area contributed by atoms with Gasteiger partial charge in [0.25, 0.3) is 0 Å². The molecule has 0 saturated heterocycles. The van der Waals surface area contributed by atoms with Crippen LogP contribution in [0.2, 0.25) is 0 Å². The second kappa shape index (κ2) is 2.78. The number of hydrogen-bond acceptors (Lipinski definition) is 1. The van der Waals surface area contributed by atoms with Gasteiger partial charge in [0.15, 0.2) is 6.21 Å². The summed E-state index contributed by atoms with van der Waals surface area (Å²) in [6.07, 6.45) is 9.62. The second-order valence-electron chi connectivity index (χ2n) is 2.77. The highest BCUT2D eigenvalue weighted by molar-refractivity contribution is 5.79. The fourth-order valence-electron chi connectivity index (χ4n) is 1.24. The third-order valence-electron chi connectivity index (χ3n) is 1.98. The normalized spacial score (nSPS) is 24.6. The molecule has 0 spiro atoms. The van der Waals surface area contributed by atoms with Gasteiger partial charge in [0.05, 0.1) is 5.70 Å². The Kier molecular flexibility index (Phi) is 1.64. The molecule has 58 valence electrons. The highest BCUT2D eigenvalue weighted by atomic mass is 14.8. The van der Waals surface area contributed by atoms with E-state index in [1.807, 2.05) is 31.2 Å². The van der Waals surface area contributed by atoms with Gasteiger partial charge in [-0.25, -0.2) is 4.99 Å². The quantitative estimate of drug-likeness (QED) is 0.512. The van der Waals surface area contributed by atoms with Crippen molar-refractivity contribution in [1.82, 2.24) is 0 Å².